The van der Waals surface area contributed by atoms with Crippen LogP contribution in [0.1, 0.15) is 39.3 Å². The Morgan fingerprint density at radius 3 is 2.82 bits per heavy atom. The molecule has 0 aliphatic carbocycles. The van der Waals surface area contributed by atoms with Crippen LogP contribution in [0.25, 0.3) is 0 Å². The molecule has 1 aliphatic rings. The third-order valence-electron chi connectivity index (χ3n) is 3.47. The lowest BCUT2D eigenvalue weighted by Gasteiger charge is -2.34. The average Bonchev–Trinajstić information content (AvgIpc) is 2.40. The van der Waals surface area contributed by atoms with Gasteiger partial charge in [0.05, 0.1) is 5.69 Å². The van der Waals surface area contributed by atoms with Crippen molar-refractivity contribution in [3.8, 4) is 0 Å². The SMILES string of the molecule is Cc1nc(N2CCCC(NC(=O)OC(C)(C)C)C2)ccc1Br. The fourth-order valence-electron chi connectivity index (χ4n) is 2.48. The van der Waals surface area contributed by atoms with Gasteiger partial charge in [-0.1, -0.05) is 0 Å². The molecule has 1 saturated heterocycles. The van der Waals surface area contributed by atoms with Gasteiger partial charge in [0.1, 0.15) is 11.4 Å². The van der Waals surface area contributed by atoms with Gasteiger partial charge in [-0.25, -0.2) is 9.78 Å². The van der Waals surface area contributed by atoms with Crippen molar-refractivity contribution in [2.24, 2.45) is 0 Å². The molecular formula is C16H24BrN3O2. The molecule has 1 atom stereocenters. The molecule has 2 rings (SSSR count). The van der Waals surface area contributed by atoms with Gasteiger partial charge >= 0.3 is 6.09 Å². The molecule has 1 aromatic rings. The Kier molecular flexibility index (Phi) is 5.32. The number of aromatic nitrogens is 1. The summed E-state index contributed by atoms with van der Waals surface area (Å²) in [5.74, 6) is 0.955. The summed E-state index contributed by atoms with van der Waals surface area (Å²) in [5, 5.41) is 2.96. The third kappa shape index (κ3) is 4.87. The number of hydrogen-bond donors (Lipinski definition) is 1. The summed E-state index contributed by atoms with van der Waals surface area (Å²) >= 11 is 3.47. The minimum absolute atomic E-state index is 0.0920. The summed E-state index contributed by atoms with van der Waals surface area (Å²) in [7, 11) is 0. The number of nitrogens with zero attached hydrogens (tertiary/aromatic N) is 2. The molecule has 6 heteroatoms. The summed E-state index contributed by atoms with van der Waals surface area (Å²) in [5.41, 5.74) is 0.503. The first kappa shape index (κ1) is 17.1. The van der Waals surface area contributed by atoms with E-state index in [1.54, 1.807) is 0 Å². The molecule has 122 valence electrons. The number of pyridine rings is 1. The van der Waals surface area contributed by atoms with Crippen molar-refractivity contribution < 1.29 is 9.53 Å². The van der Waals surface area contributed by atoms with Crippen LogP contribution in [0.5, 0.6) is 0 Å². The summed E-state index contributed by atoms with van der Waals surface area (Å²) in [4.78, 5) is 18.7. The highest BCUT2D eigenvalue weighted by molar-refractivity contribution is 9.10. The minimum atomic E-state index is -0.469. The van der Waals surface area contributed by atoms with Gasteiger partial charge < -0.3 is 15.0 Å². The average molecular weight is 370 g/mol. The Hall–Kier alpha value is -1.30. The molecule has 0 aromatic carbocycles. The molecule has 1 unspecified atom stereocenters. The Labute approximate surface area is 140 Å². The molecule has 1 aliphatic heterocycles. The van der Waals surface area contributed by atoms with Crippen molar-refractivity contribution in [2.75, 3.05) is 18.0 Å². The van der Waals surface area contributed by atoms with Crippen molar-refractivity contribution >= 4 is 27.8 Å². The minimum Gasteiger partial charge on any atom is -0.444 e. The van der Waals surface area contributed by atoms with Gasteiger partial charge in [0.25, 0.3) is 0 Å². The number of rotatable bonds is 2. The zero-order chi connectivity index (χ0) is 16.3. The summed E-state index contributed by atoms with van der Waals surface area (Å²) in [6.45, 7) is 9.30. The molecule has 0 bridgehead atoms. The predicted molar refractivity (Wildman–Crippen MR) is 91.3 cm³/mol. The molecule has 1 N–H and O–H groups in total. The summed E-state index contributed by atoms with van der Waals surface area (Å²) < 4.78 is 6.34. The van der Waals surface area contributed by atoms with Crippen molar-refractivity contribution in [1.29, 1.82) is 0 Å². The van der Waals surface area contributed by atoms with Crippen LogP contribution < -0.4 is 10.2 Å². The number of hydrogen-bond acceptors (Lipinski definition) is 4. The Morgan fingerprint density at radius 2 is 2.18 bits per heavy atom. The number of piperidine rings is 1. The predicted octanol–water partition coefficient (Wildman–Crippen LogP) is 3.65. The van der Waals surface area contributed by atoms with Crippen LogP contribution in [-0.2, 0) is 4.74 Å². The van der Waals surface area contributed by atoms with Gasteiger partial charge in [-0.15, -0.1) is 0 Å². The highest BCUT2D eigenvalue weighted by Crippen LogP contribution is 2.22. The summed E-state index contributed by atoms with van der Waals surface area (Å²) in [6, 6.07) is 4.12. The quantitative estimate of drug-likeness (QED) is 0.864. The molecule has 1 amide bonds. The van der Waals surface area contributed by atoms with Crippen LogP contribution >= 0.6 is 15.9 Å². The van der Waals surface area contributed by atoms with Crippen molar-refractivity contribution in [3.05, 3.63) is 22.3 Å². The van der Waals surface area contributed by atoms with E-state index in [4.69, 9.17) is 4.74 Å². The fraction of sp³-hybridized carbons (Fsp3) is 0.625. The van der Waals surface area contributed by atoms with E-state index in [-0.39, 0.29) is 12.1 Å². The molecule has 5 nitrogen and oxygen atoms in total. The molecular weight excluding hydrogens is 346 g/mol. The van der Waals surface area contributed by atoms with E-state index >= 15 is 0 Å². The number of ether oxygens (including phenoxy) is 1. The maximum atomic E-state index is 11.9. The van der Waals surface area contributed by atoms with Gasteiger partial charge in [0.2, 0.25) is 0 Å². The van der Waals surface area contributed by atoms with E-state index in [1.807, 2.05) is 39.8 Å². The lowest BCUT2D eigenvalue weighted by Crippen LogP contribution is -2.49. The number of anilines is 1. The largest absolute Gasteiger partial charge is 0.444 e. The molecule has 0 saturated carbocycles. The second-order valence-corrected chi connectivity index (χ2v) is 7.52. The van der Waals surface area contributed by atoms with Crippen molar-refractivity contribution in [1.82, 2.24) is 10.3 Å². The lowest BCUT2D eigenvalue weighted by atomic mass is 10.1. The van der Waals surface area contributed by atoms with E-state index in [1.165, 1.54) is 0 Å². The number of halogens is 1. The topological polar surface area (TPSA) is 54.5 Å². The number of carbonyl (C=O) groups excluding carboxylic acids is 1. The van der Waals surface area contributed by atoms with E-state index in [0.717, 1.165) is 41.9 Å². The maximum absolute atomic E-state index is 11.9. The van der Waals surface area contributed by atoms with Crippen LogP contribution in [0.15, 0.2) is 16.6 Å². The van der Waals surface area contributed by atoms with E-state index < -0.39 is 5.60 Å². The van der Waals surface area contributed by atoms with Crippen LogP contribution in [0.2, 0.25) is 0 Å². The molecule has 1 aromatic heterocycles. The highest BCUT2D eigenvalue weighted by atomic mass is 79.9. The normalized spacial score (nSPS) is 19.0. The molecule has 1 fully saturated rings. The highest BCUT2D eigenvalue weighted by Gasteiger charge is 2.24. The molecule has 0 spiro atoms. The van der Waals surface area contributed by atoms with Gasteiger partial charge in [0.15, 0.2) is 0 Å². The van der Waals surface area contributed by atoms with Gasteiger partial charge in [-0.2, -0.15) is 0 Å². The molecule has 2 heterocycles. The monoisotopic (exact) mass is 369 g/mol. The lowest BCUT2D eigenvalue weighted by molar-refractivity contribution is 0.0500. The van der Waals surface area contributed by atoms with Crippen molar-refractivity contribution in [3.63, 3.8) is 0 Å². The third-order valence-corrected chi connectivity index (χ3v) is 4.31. The van der Waals surface area contributed by atoms with Gasteiger partial charge in [-0.3, -0.25) is 0 Å². The van der Waals surface area contributed by atoms with Crippen LogP contribution in [0.4, 0.5) is 10.6 Å². The van der Waals surface area contributed by atoms with Gasteiger partial charge in [0, 0.05) is 23.6 Å². The molecule has 22 heavy (non-hydrogen) atoms. The number of nitrogens with one attached hydrogen (secondary N) is 1. The number of amides is 1. The van der Waals surface area contributed by atoms with Gasteiger partial charge in [-0.05, 0) is 68.6 Å². The van der Waals surface area contributed by atoms with Crippen LogP contribution in [0.3, 0.4) is 0 Å². The first-order chi connectivity index (χ1) is 10.2. The first-order valence-corrected chi connectivity index (χ1v) is 8.41. The summed E-state index contributed by atoms with van der Waals surface area (Å²) in [6.07, 6.45) is 1.64. The Morgan fingerprint density at radius 1 is 1.45 bits per heavy atom. The van der Waals surface area contributed by atoms with E-state index in [0.29, 0.717) is 0 Å². The molecule has 0 radical (unpaired) electrons. The zero-order valence-electron chi connectivity index (χ0n) is 13.6. The second-order valence-electron chi connectivity index (χ2n) is 6.67. The first-order valence-electron chi connectivity index (χ1n) is 7.62. The van der Waals surface area contributed by atoms with E-state index in [9.17, 15) is 4.79 Å². The maximum Gasteiger partial charge on any atom is 0.407 e. The second kappa shape index (κ2) is 6.86. The van der Waals surface area contributed by atoms with Crippen LogP contribution in [-0.4, -0.2) is 35.8 Å². The number of alkyl carbamates (subject to hydrolysis) is 1. The van der Waals surface area contributed by atoms with Crippen LogP contribution in [0, 0.1) is 6.92 Å². The number of carbonyl (C=O) groups is 1. The van der Waals surface area contributed by atoms with E-state index in [2.05, 4.69) is 31.1 Å². The van der Waals surface area contributed by atoms with Crippen molar-refractivity contribution in [2.45, 2.75) is 52.2 Å². The standard InChI is InChI=1S/C16H24BrN3O2/c1-11-13(17)7-8-14(18-11)20-9-5-6-12(10-20)19-15(21)22-16(2,3)4/h7-8,12H,5-6,9-10H2,1-4H3,(H,19,21). The number of aryl methyl sites for hydroxylation is 1. The zero-order valence-corrected chi connectivity index (χ0v) is 15.2. The smallest absolute Gasteiger partial charge is 0.407 e. The Bertz CT molecular complexity index is 543. The fourth-order valence-corrected chi connectivity index (χ4v) is 2.71. The Balaban J connectivity index is 1.96.